The van der Waals surface area contributed by atoms with Crippen LogP contribution in [-0.2, 0) is 6.42 Å². The number of thiazole rings is 1. The summed E-state index contributed by atoms with van der Waals surface area (Å²) in [6, 6.07) is 14.6. The largest absolute Gasteiger partial charge is 0.399 e. The molecule has 3 rings (SSSR count). The fourth-order valence-corrected chi connectivity index (χ4v) is 3.45. The summed E-state index contributed by atoms with van der Waals surface area (Å²) in [5.41, 5.74) is 10.2. The highest BCUT2D eigenvalue weighted by molar-refractivity contribution is 7.18. The lowest BCUT2D eigenvalue weighted by atomic mass is 9.98. The molecule has 0 spiro atoms. The fraction of sp³-hybridized carbons (Fsp3) is 0.235. The third-order valence-corrected chi connectivity index (χ3v) is 4.63. The lowest BCUT2D eigenvalue weighted by Crippen LogP contribution is -1.98. The molecule has 0 bridgehead atoms. The summed E-state index contributed by atoms with van der Waals surface area (Å²) in [5, 5.41) is 1.20. The van der Waals surface area contributed by atoms with E-state index >= 15 is 0 Å². The lowest BCUT2D eigenvalue weighted by molar-refractivity contribution is 0.756. The standard InChI is InChI=1S/C17H18N2S/c1-11-3-8-16-15(9-11)19-17(20-16)10-12(2)13-4-6-14(18)7-5-13/h3-9,12H,10,18H2,1-2H3. The van der Waals surface area contributed by atoms with Crippen LogP contribution in [0.25, 0.3) is 10.2 Å². The van der Waals surface area contributed by atoms with Crippen molar-refractivity contribution in [3.63, 3.8) is 0 Å². The number of rotatable bonds is 3. The van der Waals surface area contributed by atoms with E-state index in [0.717, 1.165) is 17.6 Å². The molecule has 1 unspecified atom stereocenters. The van der Waals surface area contributed by atoms with Crippen molar-refractivity contribution in [2.24, 2.45) is 0 Å². The van der Waals surface area contributed by atoms with Crippen LogP contribution in [0.2, 0.25) is 0 Å². The first-order chi connectivity index (χ1) is 9.61. The van der Waals surface area contributed by atoms with Gasteiger partial charge in [0.2, 0.25) is 0 Å². The zero-order chi connectivity index (χ0) is 14.1. The van der Waals surface area contributed by atoms with Crippen LogP contribution in [0, 0.1) is 6.92 Å². The highest BCUT2D eigenvalue weighted by Gasteiger charge is 2.10. The molecule has 0 aliphatic heterocycles. The molecule has 2 aromatic carbocycles. The molecule has 0 saturated heterocycles. The summed E-state index contributed by atoms with van der Waals surface area (Å²) in [4.78, 5) is 4.75. The summed E-state index contributed by atoms with van der Waals surface area (Å²) in [5.74, 6) is 0.456. The zero-order valence-electron chi connectivity index (χ0n) is 11.8. The number of anilines is 1. The van der Waals surface area contributed by atoms with Crippen LogP contribution < -0.4 is 5.73 Å². The maximum absolute atomic E-state index is 5.73. The molecule has 0 radical (unpaired) electrons. The molecule has 0 fully saturated rings. The lowest BCUT2D eigenvalue weighted by Gasteiger charge is -2.10. The Kier molecular flexibility index (Phi) is 3.45. The molecule has 1 heterocycles. The first-order valence-corrected chi connectivity index (χ1v) is 7.65. The topological polar surface area (TPSA) is 38.9 Å². The van der Waals surface area contributed by atoms with Crippen molar-refractivity contribution in [2.75, 3.05) is 5.73 Å². The van der Waals surface area contributed by atoms with Crippen LogP contribution in [0.4, 0.5) is 5.69 Å². The number of nitrogen functional groups attached to an aromatic ring is 1. The second kappa shape index (κ2) is 5.25. The van der Waals surface area contributed by atoms with Gasteiger partial charge in [0.1, 0.15) is 0 Å². The minimum absolute atomic E-state index is 0.456. The van der Waals surface area contributed by atoms with Crippen LogP contribution in [-0.4, -0.2) is 4.98 Å². The minimum Gasteiger partial charge on any atom is -0.399 e. The van der Waals surface area contributed by atoms with Gasteiger partial charge in [0, 0.05) is 12.1 Å². The summed E-state index contributed by atoms with van der Waals surface area (Å²) in [6.45, 7) is 4.35. The smallest absolute Gasteiger partial charge is 0.0944 e. The van der Waals surface area contributed by atoms with Gasteiger partial charge in [0.15, 0.2) is 0 Å². The van der Waals surface area contributed by atoms with Crippen molar-refractivity contribution < 1.29 is 0 Å². The van der Waals surface area contributed by atoms with Crippen molar-refractivity contribution in [2.45, 2.75) is 26.2 Å². The van der Waals surface area contributed by atoms with Gasteiger partial charge in [-0.3, -0.25) is 0 Å². The van der Waals surface area contributed by atoms with Gasteiger partial charge in [-0.1, -0.05) is 25.1 Å². The number of nitrogens with zero attached hydrogens (tertiary/aromatic N) is 1. The third-order valence-electron chi connectivity index (χ3n) is 3.57. The average molecular weight is 282 g/mol. The Hall–Kier alpha value is -1.87. The van der Waals surface area contributed by atoms with Gasteiger partial charge < -0.3 is 5.73 Å². The van der Waals surface area contributed by atoms with Crippen molar-refractivity contribution in [1.29, 1.82) is 0 Å². The zero-order valence-corrected chi connectivity index (χ0v) is 12.6. The van der Waals surface area contributed by atoms with Crippen molar-refractivity contribution >= 4 is 27.2 Å². The number of hydrogen-bond acceptors (Lipinski definition) is 3. The van der Waals surface area contributed by atoms with Crippen LogP contribution >= 0.6 is 11.3 Å². The van der Waals surface area contributed by atoms with Gasteiger partial charge in [-0.2, -0.15) is 0 Å². The van der Waals surface area contributed by atoms with E-state index in [1.165, 1.54) is 20.8 Å². The van der Waals surface area contributed by atoms with E-state index in [9.17, 15) is 0 Å². The normalized spacial score (nSPS) is 12.7. The predicted molar refractivity (Wildman–Crippen MR) is 87.3 cm³/mol. The summed E-state index contributed by atoms with van der Waals surface area (Å²) < 4.78 is 1.27. The van der Waals surface area contributed by atoms with Gasteiger partial charge in [0.25, 0.3) is 0 Å². The number of nitrogens with two attached hydrogens (primary N) is 1. The molecule has 0 saturated carbocycles. The molecule has 0 aliphatic carbocycles. The number of aryl methyl sites for hydroxylation is 1. The molecule has 3 aromatic rings. The van der Waals surface area contributed by atoms with E-state index in [1.54, 1.807) is 11.3 Å². The Morgan fingerprint density at radius 3 is 2.65 bits per heavy atom. The Balaban J connectivity index is 1.83. The molecule has 1 atom stereocenters. The van der Waals surface area contributed by atoms with E-state index in [4.69, 9.17) is 10.7 Å². The quantitative estimate of drug-likeness (QED) is 0.717. The van der Waals surface area contributed by atoms with E-state index in [2.05, 4.69) is 44.2 Å². The second-order valence-corrected chi connectivity index (χ2v) is 6.47. The molecular weight excluding hydrogens is 264 g/mol. The molecule has 1 aromatic heterocycles. The Bertz CT molecular complexity index is 728. The minimum atomic E-state index is 0.456. The molecule has 102 valence electrons. The Labute approximate surface area is 123 Å². The average Bonchev–Trinajstić information content (AvgIpc) is 2.80. The van der Waals surface area contributed by atoms with Crippen LogP contribution in [0.3, 0.4) is 0 Å². The number of fused-ring (bicyclic) bond motifs is 1. The highest BCUT2D eigenvalue weighted by atomic mass is 32.1. The van der Waals surface area contributed by atoms with Crippen molar-refractivity contribution in [3.05, 3.63) is 58.6 Å². The van der Waals surface area contributed by atoms with Crippen LogP contribution in [0.15, 0.2) is 42.5 Å². The fourth-order valence-electron chi connectivity index (χ4n) is 2.38. The summed E-state index contributed by atoms with van der Waals surface area (Å²) >= 11 is 1.80. The van der Waals surface area contributed by atoms with Gasteiger partial charge in [-0.05, 0) is 48.2 Å². The van der Waals surface area contributed by atoms with Gasteiger partial charge >= 0.3 is 0 Å². The maximum atomic E-state index is 5.73. The molecule has 2 N–H and O–H groups in total. The monoisotopic (exact) mass is 282 g/mol. The van der Waals surface area contributed by atoms with Crippen LogP contribution in [0.1, 0.15) is 29.0 Å². The van der Waals surface area contributed by atoms with E-state index in [0.29, 0.717) is 5.92 Å². The Morgan fingerprint density at radius 2 is 1.90 bits per heavy atom. The highest BCUT2D eigenvalue weighted by Crippen LogP contribution is 2.28. The summed E-state index contributed by atoms with van der Waals surface area (Å²) in [7, 11) is 0. The van der Waals surface area contributed by atoms with E-state index in [-0.39, 0.29) is 0 Å². The van der Waals surface area contributed by atoms with Gasteiger partial charge in [0.05, 0.1) is 15.2 Å². The third kappa shape index (κ3) is 2.68. The number of benzene rings is 2. The maximum Gasteiger partial charge on any atom is 0.0944 e. The first-order valence-electron chi connectivity index (χ1n) is 6.83. The number of hydrogen-bond donors (Lipinski definition) is 1. The molecule has 0 aliphatic rings. The van der Waals surface area contributed by atoms with Crippen LogP contribution in [0.5, 0.6) is 0 Å². The number of aromatic nitrogens is 1. The molecule has 0 amide bonds. The Morgan fingerprint density at radius 1 is 1.15 bits per heavy atom. The van der Waals surface area contributed by atoms with Gasteiger partial charge in [-0.15, -0.1) is 11.3 Å². The summed E-state index contributed by atoms with van der Waals surface area (Å²) in [6.07, 6.45) is 0.975. The van der Waals surface area contributed by atoms with Crippen molar-refractivity contribution in [3.8, 4) is 0 Å². The SMILES string of the molecule is Cc1ccc2sc(CC(C)c3ccc(N)cc3)nc2c1. The first kappa shape index (κ1) is 13.1. The molecule has 2 nitrogen and oxygen atoms in total. The van der Waals surface area contributed by atoms with E-state index < -0.39 is 0 Å². The predicted octanol–water partition coefficient (Wildman–Crippen LogP) is 4.53. The van der Waals surface area contributed by atoms with Gasteiger partial charge in [-0.25, -0.2) is 4.98 Å². The molecule has 20 heavy (non-hydrogen) atoms. The van der Waals surface area contributed by atoms with E-state index in [1.807, 2.05) is 12.1 Å². The van der Waals surface area contributed by atoms with Crippen molar-refractivity contribution in [1.82, 2.24) is 4.98 Å². The molecular formula is C17H18N2S. The second-order valence-electron chi connectivity index (χ2n) is 5.35. The molecule has 3 heteroatoms.